The topological polar surface area (TPSA) is 29.5 Å². The second-order valence-corrected chi connectivity index (χ2v) is 4.37. The summed E-state index contributed by atoms with van der Waals surface area (Å²) in [5.41, 5.74) is 0. The van der Waals surface area contributed by atoms with Gasteiger partial charge in [-0.1, -0.05) is 31.9 Å². The van der Waals surface area contributed by atoms with Crippen molar-refractivity contribution in [3.8, 4) is 0 Å². The molecular weight excluding hydrogens is 188 g/mol. The predicted octanol–water partition coefficient (Wildman–Crippen LogP) is 3.26. The number of aliphatic hydroxyl groups is 1. The van der Waals surface area contributed by atoms with Crippen molar-refractivity contribution in [3.05, 3.63) is 12.2 Å². The van der Waals surface area contributed by atoms with Crippen LogP contribution in [-0.2, 0) is 4.74 Å². The number of hydrogen-bond donors (Lipinski definition) is 1. The lowest BCUT2D eigenvalue weighted by molar-refractivity contribution is -0.157. The monoisotopic (exact) mass is 212 g/mol. The van der Waals surface area contributed by atoms with Crippen LogP contribution >= 0.6 is 0 Å². The minimum atomic E-state index is -0.529. The summed E-state index contributed by atoms with van der Waals surface area (Å²) in [4.78, 5) is 0. The second kappa shape index (κ2) is 7.89. The lowest BCUT2D eigenvalue weighted by Gasteiger charge is -2.26. The first-order valence-electron chi connectivity index (χ1n) is 6.29. The van der Waals surface area contributed by atoms with Gasteiger partial charge >= 0.3 is 0 Å². The minimum absolute atomic E-state index is 0.321. The van der Waals surface area contributed by atoms with Gasteiger partial charge in [0, 0.05) is 12.5 Å². The SMILES string of the molecule is CCCCC/C=C/CC1CCCOC1O. The van der Waals surface area contributed by atoms with E-state index in [0.29, 0.717) is 5.92 Å². The van der Waals surface area contributed by atoms with Gasteiger partial charge in [0.15, 0.2) is 6.29 Å². The summed E-state index contributed by atoms with van der Waals surface area (Å²) in [5, 5.41) is 9.55. The van der Waals surface area contributed by atoms with E-state index in [-0.39, 0.29) is 0 Å². The van der Waals surface area contributed by atoms with Crippen LogP contribution in [0.1, 0.15) is 51.9 Å². The zero-order chi connectivity index (χ0) is 10.9. The highest BCUT2D eigenvalue weighted by Gasteiger charge is 2.21. The van der Waals surface area contributed by atoms with Crippen molar-refractivity contribution in [1.29, 1.82) is 0 Å². The zero-order valence-corrected chi connectivity index (χ0v) is 9.82. The van der Waals surface area contributed by atoms with Crippen molar-refractivity contribution in [2.75, 3.05) is 6.61 Å². The average molecular weight is 212 g/mol. The van der Waals surface area contributed by atoms with Gasteiger partial charge in [0.2, 0.25) is 0 Å². The van der Waals surface area contributed by atoms with Gasteiger partial charge < -0.3 is 9.84 Å². The van der Waals surface area contributed by atoms with Crippen LogP contribution in [0.15, 0.2) is 12.2 Å². The maximum absolute atomic E-state index is 9.55. The van der Waals surface area contributed by atoms with Gasteiger partial charge in [-0.25, -0.2) is 0 Å². The predicted molar refractivity (Wildman–Crippen MR) is 62.6 cm³/mol. The first kappa shape index (κ1) is 12.7. The molecule has 2 unspecified atom stereocenters. The van der Waals surface area contributed by atoms with Gasteiger partial charge in [0.1, 0.15) is 0 Å². The molecule has 1 fully saturated rings. The van der Waals surface area contributed by atoms with E-state index in [9.17, 15) is 5.11 Å². The van der Waals surface area contributed by atoms with Gasteiger partial charge in [0.05, 0.1) is 0 Å². The molecule has 0 aromatic rings. The third-order valence-electron chi connectivity index (χ3n) is 2.99. The Kier molecular flexibility index (Phi) is 6.69. The number of aliphatic hydroxyl groups excluding tert-OH is 1. The molecule has 0 aromatic heterocycles. The molecule has 1 aliphatic heterocycles. The van der Waals surface area contributed by atoms with Crippen LogP contribution in [0.5, 0.6) is 0 Å². The first-order valence-corrected chi connectivity index (χ1v) is 6.29. The third kappa shape index (κ3) is 5.33. The fraction of sp³-hybridized carbons (Fsp3) is 0.846. The number of allylic oxidation sites excluding steroid dienone is 2. The molecule has 1 saturated heterocycles. The molecule has 0 radical (unpaired) electrons. The molecule has 2 heteroatoms. The van der Waals surface area contributed by atoms with Gasteiger partial charge in [-0.2, -0.15) is 0 Å². The molecule has 0 amide bonds. The Hall–Kier alpha value is -0.340. The van der Waals surface area contributed by atoms with E-state index in [1.807, 2.05) is 0 Å². The molecule has 0 bridgehead atoms. The van der Waals surface area contributed by atoms with Crippen molar-refractivity contribution in [2.45, 2.75) is 58.2 Å². The Morgan fingerprint density at radius 2 is 2.20 bits per heavy atom. The molecule has 88 valence electrons. The van der Waals surface area contributed by atoms with Crippen molar-refractivity contribution in [1.82, 2.24) is 0 Å². The maximum Gasteiger partial charge on any atom is 0.157 e. The van der Waals surface area contributed by atoms with E-state index in [1.165, 1.54) is 25.7 Å². The Labute approximate surface area is 93.3 Å². The summed E-state index contributed by atoms with van der Waals surface area (Å²) < 4.78 is 5.21. The van der Waals surface area contributed by atoms with Gasteiger partial charge in [-0.05, 0) is 32.1 Å². The van der Waals surface area contributed by atoms with Crippen LogP contribution in [0.2, 0.25) is 0 Å². The second-order valence-electron chi connectivity index (χ2n) is 4.37. The highest BCUT2D eigenvalue weighted by Crippen LogP contribution is 2.22. The molecule has 2 atom stereocenters. The van der Waals surface area contributed by atoms with E-state index in [4.69, 9.17) is 4.74 Å². The fourth-order valence-corrected chi connectivity index (χ4v) is 1.96. The van der Waals surface area contributed by atoms with E-state index in [0.717, 1.165) is 25.9 Å². The standard InChI is InChI=1S/C13H24O2/c1-2-3-4-5-6-7-9-12-10-8-11-15-13(12)14/h6-7,12-14H,2-5,8-11H2,1H3/b7-6+. The molecule has 1 heterocycles. The van der Waals surface area contributed by atoms with E-state index in [2.05, 4.69) is 19.1 Å². The van der Waals surface area contributed by atoms with Crippen LogP contribution in [0.3, 0.4) is 0 Å². The van der Waals surface area contributed by atoms with Crippen LogP contribution in [0.25, 0.3) is 0 Å². The smallest absolute Gasteiger partial charge is 0.157 e. The highest BCUT2D eigenvalue weighted by molar-refractivity contribution is 4.85. The first-order chi connectivity index (χ1) is 7.34. The van der Waals surface area contributed by atoms with Gasteiger partial charge in [-0.15, -0.1) is 0 Å². The minimum Gasteiger partial charge on any atom is -0.368 e. The molecule has 0 spiro atoms. The Bertz CT molecular complexity index is 177. The van der Waals surface area contributed by atoms with Crippen LogP contribution < -0.4 is 0 Å². The van der Waals surface area contributed by atoms with Gasteiger partial charge in [-0.3, -0.25) is 0 Å². The Morgan fingerprint density at radius 3 is 2.93 bits per heavy atom. The lowest BCUT2D eigenvalue weighted by atomic mass is 9.96. The molecule has 0 aliphatic carbocycles. The molecule has 1 N–H and O–H groups in total. The van der Waals surface area contributed by atoms with Crippen molar-refractivity contribution in [2.24, 2.45) is 5.92 Å². The Balaban J connectivity index is 2.07. The largest absolute Gasteiger partial charge is 0.368 e. The third-order valence-corrected chi connectivity index (χ3v) is 2.99. The summed E-state index contributed by atoms with van der Waals surface area (Å²) >= 11 is 0. The molecule has 1 aliphatic rings. The molecule has 15 heavy (non-hydrogen) atoms. The average Bonchev–Trinajstić information content (AvgIpc) is 2.25. The van der Waals surface area contributed by atoms with E-state index < -0.39 is 6.29 Å². The molecular formula is C13H24O2. The van der Waals surface area contributed by atoms with Gasteiger partial charge in [0.25, 0.3) is 0 Å². The number of rotatable bonds is 6. The molecule has 2 nitrogen and oxygen atoms in total. The van der Waals surface area contributed by atoms with Crippen LogP contribution in [0.4, 0.5) is 0 Å². The summed E-state index contributed by atoms with van der Waals surface area (Å²) in [6.07, 6.45) is 12.1. The lowest BCUT2D eigenvalue weighted by Crippen LogP contribution is -2.28. The normalized spacial score (nSPS) is 27.3. The van der Waals surface area contributed by atoms with Crippen LogP contribution in [-0.4, -0.2) is 18.0 Å². The molecule has 0 aromatic carbocycles. The van der Waals surface area contributed by atoms with Crippen molar-refractivity contribution < 1.29 is 9.84 Å². The van der Waals surface area contributed by atoms with E-state index >= 15 is 0 Å². The molecule has 1 rings (SSSR count). The highest BCUT2D eigenvalue weighted by atomic mass is 16.6. The summed E-state index contributed by atoms with van der Waals surface area (Å²) in [7, 11) is 0. The summed E-state index contributed by atoms with van der Waals surface area (Å²) in [5.74, 6) is 0.321. The molecule has 0 saturated carbocycles. The summed E-state index contributed by atoms with van der Waals surface area (Å²) in [6, 6.07) is 0. The van der Waals surface area contributed by atoms with E-state index in [1.54, 1.807) is 0 Å². The van der Waals surface area contributed by atoms with Crippen molar-refractivity contribution >= 4 is 0 Å². The maximum atomic E-state index is 9.55. The summed E-state index contributed by atoms with van der Waals surface area (Å²) in [6.45, 7) is 2.94. The van der Waals surface area contributed by atoms with Crippen LogP contribution in [0, 0.1) is 5.92 Å². The number of hydrogen-bond acceptors (Lipinski definition) is 2. The Morgan fingerprint density at radius 1 is 1.33 bits per heavy atom. The van der Waals surface area contributed by atoms with Crippen molar-refractivity contribution in [3.63, 3.8) is 0 Å². The quantitative estimate of drug-likeness (QED) is 0.541. The number of unbranched alkanes of at least 4 members (excludes halogenated alkanes) is 3. The number of ether oxygens (including phenoxy) is 1. The fourth-order valence-electron chi connectivity index (χ4n) is 1.96. The zero-order valence-electron chi connectivity index (χ0n) is 9.82.